The molecule has 2 fully saturated rings. The molecule has 1 saturated heterocycles. The van der Waals surface area contributed by atoms with E-state index >= 15 is 0 Å². The molecule has 0 aromatic carbocycles. The van der Waals surface area contributed by atoms with Crippen molar-refractivity contribution in [2.75, 3.05) is 19.8 Å². The van der Waals surface area contributed by atoms with Crippen molar-refractivity contribution < 1.29 is 14.6 Å². The second-order valence-electron chi connectivity index (χ2n) is 5.94. The van der Waals surface area contributed by atoms with Crippen molar-refractivity contribution in [3.8, 4) is 0 Å². The summed E-state index contributed by atoms with van der Waals surface area (Å²) >= 11 is 1.52. The Bertz CT molecular complexity index is 454. The predicted molar refractivity (Wildman–Crippen MR) is 77.9 cm³/mol. The summed E-state index contributed by atoms with van der Waals surface area (Å²) in [6, 6.07) is 1.82. The molecule has 1 amide bonds. The van der Waals surface area contributed by atoms with Crippen LogP contribution in [0, 0.1) is 11.3 Å². The lowest BCUT2D eigenvalue weighted by Crippen LogP contribution is -2.41. The minimum Gasteiger partial charge on any atom is -0.392 e. The third kappa shape index (κ3) is 2.62. The van der Waals surface area contributed by atoms with Crippen LogP contribution in [-0.4, -0.2) is 36.9 Å². The number of thiophene rings is 1. The van der Waals surface area contributed by atoms with Crippen molar-refractivity contribution in [1.29, 1.82) is 0 Å². The van der Waals surface area contributed by atoms with E-state index in [1.165, 1.54) is 11.3 Å². The van der Waals surface area contributed by atoms with Crippen LogP contribution in [0.3, 0.4) is 0 Å². The van der Waals surface area contributed by atoms with Gasteiger partial charge in [-0.3, -0.25) is 4.79 Å². The van der Waals surface area contributed by atoms with Gasteiger partial charge in [0.15, 0.2) is 0 Å². The Morgan fingerprint density at radius 2 is 2.25 bits per heavy atom. The highest BCUT2D eigenvalue weighted by Gasteiger charge is 2.48. The van der Waals surface area contributed by atoms with Crippen LogP contribution in [0.15, 0.2) is 16.8 Å². The summed E-state index contributed by atoms with van der Waals surface area (Å²) in [7, 11) is 0. The highest BCUT2D eigenvalue weighted by molar-refractivity contribution is 7.08. The largest absolute Gasteiger partial charge is 0.392 e. The Hall–Kier alpha value is -0.910. The summed E-state index contributed by atoms with van der Waals surface area (Å²) in [5.41, 5.74) is 0.749. The summed E-state index contributed by atoms with van der Waals surface area (Å²) in [6.45, 7) is 2.08. The van der Waals surface area contributed by atoms with E-state index < -0.39 is 0 Å². The van der Waals surface area contributed by atoms with Gasteiger partial charge >= 0.3 is 0 Å². The van der Waals surface area contributed by atoms with Crippen LogP contribution in [0.4, 0.5) is 0 Å². The van der Waals surface area contributed by atoms with Gasteiger partial charge in [0, 0.05) is 42.0 Å². The first-order chi connectivity index (χ1) is 9.71. The normalized spacial score (nSPS) is 28.6. The molecule has 0 bridgehead atoms. The smallest absolute Gasteiger partial charge is 0.252 e. The maximum Gasteiger partial charge on any atom is 0.252 e. The lowest BCUT2D eigenvalue weighted by molar-refractivity contribution is -0.0555. The molecule has 2 atom stereocenters. The van der Waals surface area contributed by atoms with Gasteiger partial charge in [-0.1, -0.05) is 0 Å². The van der Waals surface area contributed by atoms with Crippen molar-refractivity contribution in [3.63, 3.8) is 0 Å². The van der Waals surface area contributed by atoms with Crippen LogP contribution in [0.5, 0.6) is 0 Å². The fourth-order valence-electron chi connectivity index (χ4n) is 3.54. The van der Waals surface area contributed by atoms with Gasteiger partial charge in [-0.2, -0.15) is 11.3 Å². The maximum atomic E-state index is 11.9. The molecule has 4 nitrogen and oxygen atoms in total. The molecule has 1 aliphatic heterocycles. The Balaban J connectivity index is 1.55. The molecule has 110 valence electrons. The molecule has 5 heteroatoms. The molecule has 1 aromatic rings. The standard InChI is InChI=1S/C15H21NO3S/c17-13-11(1-3-15(13)4-6-19-7-5-15)9-16-14(18)12-2-8-20-10-12/h2,8,10-11,13,17H,1,3-7,9H2,(H,16,18). The molecule has 2 unspecified atom stereocenters. The van der Waals surface area contributed by atoms with Crippen molar-refractivity contribution in [3.05, 3.63) is 22.4 Å². The van der Waals surface area contributed by atoms with Crippen molar-refractivity contribution in [1.82, 2.24) is 5.32 Å². The van der Waals surface area contributed by atoms with Gasteiger partial charge in [0.05, 0.1) is 6.10 Å². The second kappa shape index (κ2) is 5.84. The SMILES string of the molecule is O=C(NCC1CCC2(CCOCC2)C1O)c1ccsc1. The van der Waals surface area contributed by atoms with Crippen molar-refractivity contribution >= 4 is 17.2 Å². The zero-order chi connectivity index (χ0) is 14.0. The van der Waals surface area contributed by atoms with E-state index in [1.807, 2.05) is 16.8 Å². The maximum absolute atomic E-state index is 11.9. The van der Waals surface area contributed by atoms with Crippen LogP contribution in [0.25, 0.3) is 0 Å². The van der Waals surface area contributed by atoms with Gasteiger partial charge in [-0.05, 0) is 37.1 Å². The summed E-state index contributed by atoms with van der Waals surface area (Å²) < 4.78 is 5.41. The minimum absolute atomic E-state index is 0.0358. The number of hydrogen-bond acceptors (Lipinski definition) is 4. The monoisotopic (exact) mass is 295 g/mol. The number of hydrogen-bond donors (Lipinski definition) is 2. The zero-order valence-corrected chi connectivity index (χ0v) is 12.3. The fourth-order valence-corrected chi connectivity index (χ4v) is 4.17. The summed E-state index contributed by atoms with van der Waals surface area (Å²) in [5.74, 6) is 0.141. The average molecular weight is 295 g/mol. The average Bonchev–Trinajstić information content (AvgIpc) is 3.09. The quantitative estimate of drug-likeness (QED) is 0.897. The van der Waals surface area contributed by atoms with Gasteiger partial charge in [0.2, 0.25) is 0 Å². The van der Waals surface area contributed by atoms with Gasteiger partial charge in [0.1, 0.15) is 0 Å². The summed E-state index contributed by atoms with van der Waals surface area (Å²) in [5, 5.41) is 17.3. The fraction of sp³-hybridized carbons (Fsp3) is 0.667. The Morgan fingerprint density at radius 1 is 1.45 bits per heavy atom. The third-order valence-corrected chi connectivity index (χ3v) is 5.57. The Kier molecular flexibility index (Phi) is 4.10. The van der Waals surface area contributed by atoms with E-state index in [9.17, 15) is 9.90 Å². The van der Waals surface area contributed by atoms with E-state index in [1.54, 1.807) is 0 Å². The van der Waals surface area contributed by atoms with Crippen LogP contribution in [0.1, 0.15) is 36.0 Å². The van der Waals surface area contributed by atoms with E-state index in [0.29, 0.717) is 12.1 Å². The van der Waals surface area contributed by atoms with Crippen LogP contribution < -0.4 is 5.32 Å². The molecular weight excluding hydrogens is 274 g/mol. The molecule has 1 aromatic heterocycles. The van der Waals surface area contributed by atoms with Crippen molar-refractivity contribution in [2.24, 2.45) is 11.3 Å². The lowest BCUT2D eigenvalue weighted by atomic mass is 9.76. The Morgan fingerprint density at radius 3 is 2.95 bits per heavy atom. The first-order valence-corrected chi connectivity index (χ1v) is 8.22. The molecule has 20 heavy (non-hydrogen) atoms. The molecule has 2 aliphatic rings. The van der Waals surface area contributed by atoms with Crippen molar-refractivity contribution in [2.45, 2.75) is 31.8 Å². The number of carbonyl (C=O) groups excluding carboxylic acids is 1. The number of amides is 1. The summed E-state index contributed by atoms with van der Waals surface area (Å²) in [6.07, 6.45) is 3.63. The minimum atomic E-state index is -0.311. The van der Waals surface area contributed by atoms with E-state index in [0.717, 1.165) is 38.9 Å². The van der Waals surface area contributed by atoms with Gasteiger partial charge in [0.25, 0.3) is 5.91 Å². The number of aliphatic hydroxyl groups is 1. The summed E-state index contributed by atoms with van der Waals surface area (Å²) in [4.78, 5) is 11.9. The molecular formula is C15H21NO3S. The van der Waals surface area contributed by atoms with Gasteiger partial charge in [-0.15, -0.1) is 0 Å². The highest BCUT2D eigenvalue weighted by Crippen LogP contribution is 2.48. The molecule has 1 aliphatic carbocycles. The van der Waals surface area contributed by atoms with E-state index in [4.69, 9.17) is 4.74 Å². The highest BCUT2D eigenvalue weighted by atomic mass is 32.1. The zero-order valence-electron chi connectivity index (χ0n) is 11.5. The van der Waals surface area contributed by atoms with Crippen LogP contribution in [-0.2, 0) is 4.74 Å². The number of aliphatic hydroxyl groups excluding tert-OH is 1. The molecule has 0 radical (unpaired) electrons. The predicted octanol–water partition coefficient (Wildman–Crippen LogP) is 2.05. The number of carbonyl (C=O) groups is 1. The number of ether oxygens (including phenoxy) is 1. The molecule has 2 N–H and O–H groups in total. The topological polar surface area (TPSA) is 58.6 Å². The first-order valence-electron chi connectivity index (χ1n) is 7.27. The van der Waals surface area contributed by atoms with E-state index in [2.05, 4.69) is 5.32 Å². The molecule has 3 rings (SSSR count). The Labute approximate surface area is 123 Å². The van der Waals surface area contributed by atoms with Crippen LogP contribution in [0.2, 0.25) is 0 Å². The second-order valence-corrected chi connectivity index (χ2v) is 6.72. The molecule has 1 saturated carbocycles. The molecule has 1 spiro atoms. The molecule has 2 heterocycles. The van der Waals surface area contributed by atoms with Gasteiger partial charge < -0.3 is 15.2 Å². The third-order valence-electron chi connectivity index (χ3n) is 4.88. The van der Waals surface area contributed by atoms with Crippen LogP contribution >= 0.6 is 11.3 Å². The lowest BCUT2D eigenvalue weighted by Gasteiger charge is -2.37. The first kappa shape index (κ1) is 14.0. The number of nitrogens with one attached hydrogen (secondary N) is 1. The van der Waals surface area contributed by atoms with Gasteiger partial charge in [-0.25, -0.2) is 0 Å². The number of rotatable bonds is 3. The van der Waals surface area contributed by atoms with E-state index in [-0.39, 0.29) is 23.3 Å².